The summed E-state index contributed by atoms with van der Waals surface area (Å²) in [7, 11) is 0. The standard InChI is InChI=1S/C14H16O3/c1-10(2)14(15)16-9-12-8-13(17-12)11-6-4-3-5-7-11/h3-7,12-13H,1,8-9H2,2H3. The average molecular weight is 232 g/mol. The Morgan fingerprint density at radius 2 is 2.12 bits per heavy atom. The molecule has 2 atom stereocenters. The normalized spacial score (nSPS) is 22.6. The van der Waals surface area contributed by atoms with E-state index >= 15 is 0 Å². The molecule has 0 radical (unpaired) electrons. The van der Waals surface area contributed by atoms with E-state index in [1.165, 1.54) is 5.56 Å². The van der Waals surface area contributed by atoms with Crippen molar-refractivity contribution in [3.8, 4) is 0 Å². The zero-order chi connectivity index (χ0) is 12.3. The Hall–Kier alpha value is -1.61. The summed E-state index contributed by atoms with van der Waals surface area (Å²) in [5.74, 6) is -0.350. The summed E-state index contributed by atoms with van der Waals surface area (Å²) in [5.41, 5.74) is 1.60. The quantitative estimate of drug-likeness (QED) is 0.591. The summed E-state index contributed by atoms with van der Waals surface area (Å²) in [6.07, 6.45) is 1.06. The predicted octanol–water partition coefficient (Wildman–Crippen LogP) is 2.64. The third-order valence-corrected chi connectivity index (χ3v) is 2.75. The van der Waals surface area contributed by atoms with Crippen LogP contribution in [0.5, 0.6) is 0 Å². The van der Waals surface area contributed by atoms with Gasteiger partial charge in [0.15, 0.2) is 0 Å². The van der Waals surface area contributed by atoms with Gasteiger partial charge in [-0.3, -0.25) is 0 Å². The number of benzene rings is 1. The summed E-state index contributed by atoms with van der Waals surface area (Å²) in [6.45, 7) is 5.47. The van der Waals surface area contributed by atoms with E-state index in [1.807, 2.05) is 30.3 Å². The number of hydrogen-bond donors (Lipinski definition) is 0. The van der Waals surface area contributed by atoms with Crippen molar-refractivity contribution in [1.82, 2.24) is 0 Å². The highest BCUT2D eigenvalue weighted by Crippen LogP contribution is 2.34. The van der Waals surface area contributed by atoms with Crippen LogP contribution in [0.4, 0.5) is 0 Å². The second-order valence-electron chi connectivity index (χ2n) is 4.27. The number of carbonyl (C=O) groups excluding carboxylic acids is 1. The number of ether oxygens (including phenoxy) is 2. The lowest BCUT2D eigenvalue weighted by atomic mass is 9.98. The number of carbonyl (C=O) groups is 1. The Morgan fingerprint density at radius 1 is 1.47 bits per heavy atom. The molecule has 0 spiro atoms. The Labute approximate surface area is 101 Å². The summed E-state index contributed by atoms with van der Waals surface area (Å²) in [6, 6.07) is 10.1. The van der Waals surface area contributed by atoms with Gasteiger partial charge in [-0.2, -0.15) is 0 Å². The summed E-state index contributed by atoms with van der Waals surface area (Å²) >= 11 is 0. The van der Waals surface area contributed by atoms with Gasteiger partial charge >= 0.3 is 5.97 Å². The maximum absolute atomic E-state index is 11.2. The molecule has 1 saturated heterocycles. The van der Waals surface area contributed by atoms with Gasteiger partial charge in [-0.1, -0.05) is 36.9 Å². The van der Waals surface area contributed by atoms with Crippen molar-refractivity contribution in [1.29, 1.82) is 0 Å². The van der Waals surface area contributed by atoms with Crippen LogP contribution in [0.25, 0.3) is 0 Å². The summed E-state index contributed by atoms with van der Waals surface area (Å²) < 4.78 is 10.7. The van der Waals surface area contributed by atoms with E-state index in [2.05, 4.69) is 6.58 Å². The second kappa shape index (κ2) is 5.15. The van der Waals surface area contributed by atoms with Gasteiger partial charge in [0.2, 0.25) is 0 Å². The largest absolute Gasteiger partial charge is 0.460 e. The van der Waals surface area contributed by atoms with Crippen molar-refractivity contribution in [3.63, 3.8) is 0 Å². The van der Waals surface area contributed by atoms with Crippen molar-refractivity contribution in [2.45, 2.75) is 25.6 Å². The molecule has 17 heavy (non-hydrogen) atoms. The van der Waals surface area contributed by atoms with E-state index in [9.17, 15) is 4.79 Å². The van der Waals surface area contributed by atoms with Gasteiger partial charge in [-0.05, 0) is 12.5 Å². The second-order valence-corrected chi connectivity index (χ2v) is 4.27. The highest BCUT2D eigenvalue weighted by Gasteiger charge is 2.31. The first-order chi connectivity index (χ1) is 8.16. The van der Waals surface area contributed by atoms with Crippen LogP contribution in [-0.2, 0) is 14.3 Å². The minimum Gasteiger partial charge on any atom is -0.460 e. The smallest absolute Gasteiger partial charge is 0.333 e. The molecule has 0 aliphatic carbocycles. The molecule has 1 heterocycles. The van der Waals surface area contributed by atoms with Crippen LogP contribution in [0.1, 0.15) is 25.0 Å². The monoisotopic (exact) mass is 232 g/mol. The van der Waals surface area contributed by atoms with Gasteiger partial charge in [-0.15, -0.1) is 0 Å². The van der Waals surface area contributed by atoms with Crippen LogP contribution in [0, 0.1) is 0 Å². The van der Waals surface area contributed by atoms with Crippen LogP contribution < -0.4 is 0 Å². The minimum atomic E-state index is -0.350. The SMILES string of the molecule is C=C(C)C(=O)OCC1CC(c2ccccc2)O1. The van der Waals surface area contributed by atoms with E-state index < -0.39 is 0 Å². The average Bonchev–Trinajstić information content (AvgIpc) is 2.28. The Kier molecular flexibility index (Phi) is 3.59. The van der Waals surface area contributed by atoms with Crippen LogP contribution >= 0.6 is 0 Å². The van der Waals surface area contributed by atoms with Gasteiger partial charge < -0.3 is 9.47 Å². The van der Waals surface area contributed by atoms with Gasteiger partial charge in [0, 0.05) is 12.0 Å². The molecule has 1 aliphatic rings. The lowest BCUT2D eigenvalue weighted by Gasteiger charge is -2.35. The summed E-state index contributed by atoms with van der Waals surface area (Å²) in [5, 5.41) is 0. The molecule has 3 heteroatoms. The highest BCUT2D eigenvalue weighted by atomic mass is 16.6. The zero-order valence-electron chi connectivity index (χ0n) is 9.89. The number of esters is 1. The molecule has 3 nitrogen and oxygen atoms in total. The van der Waals surface area contributed by atoms with Crippen molar-refractivity contribution in [2.75, 3.05) is 6.61 Å². The number of hydrogen-bond acceptors (Lipinski definition) is 3. The zero-order valence-corrected chi connectivity index (χ0v) is 9.89. The third-order valence-electron chi connectivity index (χ3n) is 2.75. The van der Waals surface area contributed by atoms with E-state index in [4.69, 9.17) is 9.47 Å². The molecule has 2 rings (SSSR count). The predicted molar refractivity (Wildman–Crippen MR) is 64.4 cm³/mol. The Bertz CT molecular complexity index is 405. The van der Waals surface area contributed by atoms with E-state index in [-0.39, 0.29) is 18.2 Å². The molecule has 0 bridgehead atoms. The molecule has 0 amide bonds. The minimum absolute atomic E-state index is 0.0171. The van der Waals surface area contributed by atoms with Gasteiger partial charge in [0.25, 0.3) is 0 Å². The lowest BCUT2D eigenvalue weighted by Crippen LogP contribution is -2.35. The molecular weight excluding hydrogens is 216 g/mol. The molecular formula is C14H16O3. The molecule has 2 unspecified atom stereocenters. The highest BCUT2D eigenvalue weighted by molar-refractivity contribution is 5.86. The fraction of sp³-hybridized carbons (Fsp3) is 0.357. The Balaban J connectivity index is 1.73. The molecule has 1 aromatic carbocycles. The fourth-order valence-electron chi connectivity index (χ4n) is 1.74. The van der Waals surface area contributed by atoms with Gasteiger partial charge in [0.1, 0.15) is 6.61 Å². The van der Waals surface area contributed by atoms with Gasteiger partial charge in [-0.25, -0.2) is 4.79 Å². The molecule has 0 N–H and O–H groups in total. The fourth-order valence-corrected chi connectivity index (χ4v) is 1.74. The van der Waals surface area contributed by atoms with E-state index in [0.717, 1.165) is 6.42 Å². The number of rotatable bonds is 4. The first-order valence-corrected chi connectivity index (χ1v) is 5.70. The molecule has 1 aromatic rings. The molecule has 0 saturated carbocycles. The summed E-state index contributed by atoms with van der Waals surface area (Å²) in [4.78, 5) is 11.2. The van der Waals surface area contributed by atoms with Crippen LogP contribution in [0.3, 0.4) is 0 Å². The molecule has 0 aromatic heterocycles. The van der Waals surface area contributed by atoms with Crippen molar-refractivity contribution in [3.05, 3.63) is 48.0 Å². The molecule has 1 aliphatic heterocycles. The first kappa shape index (κ1) is 11.9. The third kappa shape index (κ3) is 2.94. The van der Waals surface area contributed by atoms with Crippen molar-refractivity contribution >= 4 is 5.97 Å². The van der Waals surface area contributed by atoms with Crippen LogP contribution in [0.2, 0.25) is 0 Å². The maximum Gasteiger partial charge on any atom is 0.333 e. The first-order valence-electron chi connectivity index (χ1n) is 5.70. The van der Waals surface area contributed by atoms with Crippen molar-refractivity contribution in [2.24, 2.45) is 0 Å². The van der Waals surface area contributed by atoms with Crippen LogP contribution in [-0.4, -0.2) is 18.7 Å². The van der Waals surface area contributed by atoms with Crippen LogP contribution in [0.15, 0.2) is 42.5 Å². The van der Waals surface area contributed by atoms with E-state index in [0.29, 0.717) is 12.2 Å². The molecule has 1 fully saturated rings. The van der Waals surface area contributed by atoms with E-state index in [1.54, 1.807) is 6.92 Å². The maximum atomic E-state index is 11.2. The topological polar surface area (TPSA) is 35.5 Å². The van der Waals surface area contributed by atoms with Gasteiger partial charge in [0.05, 0.1) is 12.2 Å². The molecule has 90 valence electrons. The lowest BCUT2D eigenvalue weighted by molar-refractivity contribution is -0.168. The van der Waals surface area contributed by atoms with Crippen molar-refractivity contribution < 1.29 is 14.3 Å². The Morgan fingerprint density at radius 3 is 2.71 bits per heavy atom.